The molecule has 0 bridgehead atoms. The molecule has 0 atom stereocenters. The van der Waals surface area contributed by atoms with E-state index in [1.54, 1.807) is 0 Å². The second-order valence-electron chi connectivity index (χ2n) is 3.16. The van der Waals surface area contributed by atoms with Crippen molar-refractivity contribution in [2.75, 3.05) is 6.26 Å². The number of hydrogen-bond donors (Lipinski definition) is 0. The van der Waals surface area contributed by atoms with Crippen LogP contribution in [0.25, 0.3) is 0 Å². The molecule has 8 heteroatoms. The fourth-order valence-electron chi connectivity index (χ4n) is 1.13. The van der Waals surface area contributed by atoms with Gasteiger partial charge in [-0.15, -0.1) is 0 Å². The smallest absolute Gasteiger partial charge is 0.262 e. The highest BCUT2D eigenvalue weighted by molar-refractivity contribution is 7.90. The van der Waals surface area contributed by atoms with Gasteiger partial charge in [0, 0.05) is 12.5 Å². The summed E-state index contributed by atoms with van der Waals surface area (Å²) in [5.41, 5.74) is 0.0711. The summed E-state index contributed by atoms with van der Waals surface area (Å²) in [6.45, 7) is 0.0621. The third-order valence-electron chi connectivity index (χ3n) is 1.64. The van der Waals surface area contributed by atoms with Crippen molar-refractivity contribution in [3.05, 3.63) is 11.9 Å². The van der Waals surface area contributed by atoms with E-state index in [9.17, 15) is 21.6 Å². The zero-order chi connectivity index (χ0) is 11.9. The van der Waals surface area contributed by atoms with Crippen LogP contribution in [-0.2, 0) is 16.4 Å². The number of nitrogens with zero attached hydrogens (tertiary/aromatic N) is 2. The normalized spacial score (nSPS) is 13.1. The van der Waals surface area contributed by atoms with Crippen LogP contribution in [0.5, 0.6) is 0 Å². The molecule has 0 radical (unpaired) electrons. The quantitative estimate of drug-likeness (QED) is 0.781. The maximum absolute atomic E-state index is 12.0. The molecular weight excluding hydrogens is 233 g/mol. The number of hydrogen-bond acceptors (Lipinski definition) is 3. The van der Waals surface area contributed by atoms with Crippen LogP contribution < -0.4 is 0 Å². The Labute approximate surface area is 84.6 Å². The summed E-state index contributed by atoms with van der Waals surface area (Å²) in [5, 5.41) is 3.48. The summed E-state index contributed by atoms with van der Waals surface area (Å²) < 4.78 is 58.7. The van der Waals surface area contributed by atoms with E-state index in [1.165, 1.54) is 6.92 Å². The second kappa shape index (κ2) is 3.51. The lowest BCUT2D eigenvalue weighted by atomic mass is 10.5. The first kappa shape index (κ1) is 12.0. The van der Waals surface area contributed by atoms with E-state index in [4.69, 9.17) is 0 Å². The maximum Gasteiger partial charge on any atom is 0.408 e. The van der Waals surface area contributed by atoms with Gasteiger partial charge in [0.1, 0.15) is 11.4 Å². The van der Waals surface area contributed by atoms with Gasteiger partial charge in [-0.3, -0.25) is 4.68 Å². The van der Waals surface area contributed by atoms with E-state index in [0.29, 0.717) is 4.68 Å². The number of sulfone groups is 1. The van der Waals surface area contributed by atoms with Crippen LogP contribution in [0.2, 0.25) is 0 Å². The highest BCUT2D eigenvalue weighted by atomic mass is 32.2. The largest absolute Gasteiger partial charge is 0.408 e. The van der Waals surface area contributed by atoms with Gasteiger partial charge in [0.05, 0.1) is 5.69 Å². The molecule has 86 valence electrons. The molecule has 0 fully saturated rings. The van der Waals surface area contributed by atoms with Gasteiger partial charge in [-0.05, 0) is 6.92 Å². The van der Waals surface area contributed by atoms with E-state index >= 15 is 0 Å². The van der Waals surface area contributed by atoms with E-state index in [0.717, 1.165) is 12.5 Å². The monoisotopic (exact) mass is 242 g/mol. The van der Waals surface area contributed by atoms with Crippen LogP contribution in [0.1, 0.15) is 5.69 Å². The van der Waals surface area contributed by atoms with Gasteiger partial charge in [-0.1, -0.05) is 0 Å². The van der Waals surface area contributed by atoms with Crippen molar-refractivity contribution in [1.82, 2.24) is 9.78 Å². The number of aryl methyl sites for hydroxylation is 1. The van der Waals surface area contributed by atoms with Gasteiger partial charge in [0.15, 0.2) is 9.84 Å². The summed E-state index contributed by atoms with van der Waals surface area (Å²) in [7, 11) is -3.52. The second-order valence-corrected chi connectivity index (χ2v) is 5.15. The predicted octanol–water partition coefficient (Wildman–Crippen LogP) is 1.16. The zero-order valence-electron chi connectivity index (χ0n) is 8.04. The fraction of sp³-hybridized carbons (Fsp3) is 0.571. The maximum atomic E-state index is 12.0. The lowest BCUT2D eigenvalue weighted by Gasteiger charge is -2.04. The van der Waals surface area contributed by atoms with Gasteiger partial charge < -0.3 is 0 Å². The molecule has 1 aromatic heterocycles. The van der Waals surface area contributed by atoms with E-state index in [-0.39, 0.29) is 10.6 Å². The SMILES string of the molecule is Cc1nn(CC(F)(F)F)cc1S(C)(=O)=O. The summed E-state index contributed by atoms with van der Waals surface area (Å²) in [4.78, 5) is -0.174. The highest BCUT2D eigenvalue weighted by Crippen LogP contribution is 2.19. The first-order valence-corrected chi connectivity index (χ1v) is 5.79. The Bertz CT molecular complexity index is 461. The molecule has 0 aliphatic rings. The predicted molar refractivity (Wildman–Crippen MR) is 46.1 cm³/mol. The van der Waals surface area contributed by atoms with Crippen LogP contribution >= 0.6 is 0 Å². The average molecular weight is 242 g/mol. The fourth-order valence-corrected chi connectivity index (χ4v) is 2.02. The Morgan fingerprint density at radius 1 is 1.47 bits per heavy atom. The third-order valence-corrected chi connectivity index (χ3v) is 2.84. The molecule has 1 heterocycles. The molecule has 0 amide bonds. The summed E-state index contributed by atoms with van der Waals surface area (Å²) in [6.07, 6.45) is -2.60. The summed E-state index contributed by atoms with van der Waals surface area (Å²) in [5.74, 6) is 0. The molecule has 0 aliphatic carbocycles. The first-order valence-electron chi connectivity index (χ1n) is 3.90. The molecule has 0 saturated heterocycles. The van der Waals surface area contributed by atoms with Gasteiger partial charge in [0.25, 0.3) is 0 Å². The van der Waals surface area contributed by atoms with E-state index in [1.807, 2.05) is 0 Å². The minimum absolute atomic E-state index is 0.0711. The summed E-state index contributed by atoms with van der Waals surface area (Å²) in [6, 6.07) is 0. The molecule has 0 saturated carbocycles. The Hall–Kier alpha value is -1.05. The number of aromatic nitrogens is 2. The first-order chi connectivity index (χ1) is 6.59. The topological polar surface area (TPSA) is 52.0 Å². The van der Waals surface area contributed by atoms with Gasteiger partial charge in [-0.2, -0.15) is 18.3 Å². The average Bonchev–Trinajstić information content (AvgIpc) is 2.25. The van der Waals surface area contributed by atoms with Gasteiger partial charge in [-0.25, -0.2) is 8.42 Å². The minimum Gasteiger partial charge on any atom is -0.262 e. The van der Waals surface area contributed by atoms with Crippen molar-refractivity contribution in [1.29, 1.82) is 0 Å². The van der Waals surface area contributed by atoms with Gasteiger partial charge >= 0.3 is 6.18 Å². The van der Waals surface area contributed by atoms with Crippen molar-refractivity contribution in [3.63, 3.8) is 0 Å². The zero-order valence-corrected chi connectivity index (χ0v) is 8.85. The molecule has 0 spiro atoms. The molecule has 1 rings (SSSR count). The van der Waals surface area contributed by atoms with Crippen LogP contribution in [0.3, 0.4) is 0 Å². The van der Waals surface area contributed by atoms with Crippen molar-refractivity contribution in [2.24, 2.45) is 0 Å². The van der Waals surface area contributed by atoms with Crippen molar-refractivity contribution < 1.29 is 21.6 Å². The molecule has 0 N–H and O–H groups in total. The van der Waals surface area contributed by atoms with E-state index in [2.05, 4.69) is 5.10 Å². The molecule has 0 aliphatic heterocycles. The van der Waals surface area contributed by atoms with Crippen LogP contribution in [0.15, 0.2) is 11.1 Å². The van der Waals surface area contributed by atoms with Crippen LogP contribution in [0.4, 0.5) is 13.2 Å². The van der Waals surface area contributed by atoms with Crippen molar-refractivity contribution in [3.8, 4) is 0 Å². The van der Waals surface area contributed by atoms with Gasteiger partial charge in [0.2, 0.25) is 0 Å². The molecule has 15 heavy (non-hydrogen) atoms. The molecular formula is C7H9F3N2O2S. The minimum atomic E-state index is -4.41. The number of rotatable bonds is 2. The van der Waals surface area contributed by atoms with Crippen molar-refractivity contribution in [2.45, 2.75) is 24.5 Å². The molecule has 0 unspecified atom stereocenters. The highest BCUT2D eigenvalue weighted by Gasteiger charge is 2.29. The lowest BCUT2D eigenvalue weighted by Crippen LogP contribution is -2.18. The third kappa shape index (κ3) is 3.22. The van der Waals surface area contributed by atoms with Crippen LogP contribution in [-0.4, -0.2) is 30.6 Å². The molecule has 4 nitrogen and oxygen atoms in total. The Kier molecular flexibility index (Phi) is 2.81. The number of halogens is 3. The molecule has 0 aromatic carbocycles. The van der Waals surface area contributed by atoms with Crippen molar-refractivity contribution >= 4 is 9.84 Å². The number of alkyl halides is 3. The Balaban J connectivity index is 3.08. The Morgan fingerprint density at radius 3 is 2.33 bits per heavy atom. The standard InChI is InChI=1S/C7H9F3N2O2S/c1-5-6(15(2,13)14)3-12(11-5)4-7(8,9)10/h3H,4H2,1-2H3. The van der Waals surface area contributed by atoms with E-state index < -0.39 is 22.6 Å². The molecule has 1 aromatic rings. The van der Waals surface area contributed by atoms with Crippen LogP contribution in [0, 0.1) is 6.92 Å². The Morgan fingerprint density at radius 2 is 2.00 bits per heavy atom. The lowest BCUT2D eigenvalue weighted by molar-refractivity contribution is -0.142. The summed E-state index contributed by atoms with van der Waals surface area (Å²) >= 11 is 0.